The minimum atomic E-state index is 0.0432. The molecule has 6 heteroatoms. The molecule has 0 saturated heterocycles. The van der Waals surface area contributed by atoms with E-state index in [0.717, 1.165) is 33.4 Å². The molecule has 3 aromatic rings. The first-order chi connectivity index (χ1) is 14.1. The molecule has 3 aromatic carbocycles. The second kappa shape index (κ2) is 8.47. The summed E-state index contributed by atoms with van der Waals surface area (Å²) >= 11 is 9.57. The minimum Gasteiger partial charge on any atom is -0.493 e. The number of hydrazone groups is 1. The molecule has 1 unspecified atom stereocenters. The van der Waals surface area contributed by atoms with Crippen LogP contribution in [0.2, 0.25) is 5.02 Å². The highest BCUT2D eigenvalue weighted by atomic mass is 79.9. The summed E-state index contributed by atoms with van der Waals surface area (Å²) < 4.78 is 11.9. The van der Waals surface area contributed by atoms with Crippen molar-refractivity contribution in [3.05, 3.63) is 87.4 Å². The Morgan fingerprint density at radius 2 is 1.62 bits per heavy atom. The summed E-state index contributed by atoms with van der Waals surface area (Å²) in [6.07, 6.45) is 0.771. The smallest absolute Gasteiger partial charge is 0.161 e. The van der Waals surface area contributed by atoms with Crippen molar-refractivity contribution in [2.45, 2.75) is 12.5 Å². The minimum absolute atomic E-state index is 0.0432. The first kappa shape index (κ1) is 19.8. The van der Waals surface area contributed by atoms with E-state index in [0.29, 0.717) is 16.5 Å². The normalized spacial score (nSPS) is 15.9. The van der Waals surface area contributed by atoms with E-state index in [1.54, 1.807) is 14.2 Å². The summed E-state index contributed by atoms with van der Waals surface area (Å²) in [5, 5.41) is 7.75. The molecule has 0 aromatic heterocycles. The summed E-state index contributed by atoms with van der Waals surface area (Å²) in [5.41, 5.74) is 4.22. The van der Waals surface area contributed by atoms with E-state index in [9.17, 15) is 0 Å². The molecule has 1 heterocycles. The molecule has 0 N–H and O–H groups in total. The monoisotopic (exact) mass is 470 g/mol. The van der Waals surface area contributed by atoms with E-state index in [4.69, 9.17) is 26.2 Å². The first-order valence-corrected chi connectivity index (χ1v) is 10.4. The van der Waals surface area contributed by atoms with Gasteiger partial charge in [-0.2, -0.15) is 5.10 Å². The fraction of sp³-hybridized carbons (Fsp3) is 0.174. The molecule has 1 atom stereocenters. The van der Waals surface area contributed by atoms with Crippen molar-refractivity contribution in [3.8, 4) is 11.5 Å². The van der Waals surface area contributed by atoms with Gasteiger partial charge in [-0.1, -0.05) is 45.7 Å². The molecule has 0 fully saturated rings. The zero-order valence-electron chi connectivity index (χ0n) is 16.1. The Bertz CT molecular complexity index is 1040. The van der Waals surface area contributed by atoms with Crippen LogP contribution in [0.3, 0.4) is 0 Å². The van der Waals surface area contributed by atoms with Crippen LogP contribution in [-0.2, 0) is 0 Å². The molecule has 1 aliphatic heterocycles. The largest absolute Gasteiger partial charge is 0.493 e. The number of nitrogens with zero attached hydrogens (tertiary/aromatic N) is 2. The van der Waals surface area contributed by atoms with Crippen molar-refractivity contribution in [1.29, 1.82) is 0 Å². The highest BCUT2D eigenvalue weighted by Gasteiger charge is 2.30. The lowest BCUT2D eigenvalue weighted by molar-refractivity contribution is 0.354. The van der Waals surface area contributed by atoms with Gasteiger partial charge in [-0.25, -0.2) is 0 Å². The van der Waals surface area contributed by atoms with Gasteiger partial charge in [-0.3, -0.25) is 5.01 Å². The number of hydrogen-bond acceptors (Lipinski definition) is 4. The van der Waals surface area contributed by atoms with E-state index in [-0.39, 0.29) is 6.04 Å². The van der Waals surface area contributed by atoms with E-state index >= 15 is 0 Å². The maximum absolute atomic E-state index is 6.06. The van der Waals surface area contributed by atoms with Crippen molar-refractivity contribution in [3.63, 3.8) is 0 Å². The van der Waals surface area contributed by atoms with Crippen molar-refractivity contribution in [2.75, 3.05) is 19.2 Å². The Morgan fingerprint density at radius 1 is 0.931 bits per heavy atom. The molecule has 148 valence electrons. The molecule has 0 spiro atoms. The molecule has 4 rings (SSSR count). The average molecular weight is 472 g/mol. The lowest BCUT2D eigenvalue weighted by atomic mass is 9.98. The fourth-order valence-corrected chi connectivity index (χ4v) is 3.87. The van der Waals surface area contributed by atoms with Gasteiger partial charge >= 0.3 is 0 Å². The topological polar surface area (TPSA) is 34.1 Å². The summed E-state index contributed by atoms with van der Waals surface area (Å²) in [6, 6.07) is 22.1. The van der Waals surface area contributed by atoms with Gasteiger partial charge < -0.3 is 9.47 Å². The van der Waals surface area contributed by atoms with Gasteiger partial charge in [0, 0.05) is 15.9 Å². The summed E-state index contributed by atoms with van der Waals surface area (Å²) in [5.74, 6) is 1.42. The van der Waals surface area contributed by atoms with Gasteiger partial charge in [-0.05, 0) is 59.7 Å². The Morgan fingerprint density at radius 3 is 2.28 bits per heavy atom. The van der Waals surface area contributed by atoms with Gasteiger partial charge in [0.2, 0.25) is 0 Å². The third-order valence-corrected chi connectivity index (χ3v) is 5.75. The van der Waals surface area contributed by atoms with Gasteiger partial charge in [0.25, 0.3) is 0 Å². The Balaban J connectivity index is 1.75. The number of methoxy groups -OCH3 is 2. The Labute approximate surface area is 183 Å². The van der Waals surface area contributed by atoms with Crippen LogP contribution in [0.15, 0.2) is 76.3 Å². The lowest BCUT2D eigenvalue weighted by Gasteiger charge is -2.24. The predicted molar refractivity (Wildman–Crippen MR) is 122 cm³/mol. The van der Waals surface area contributed by atoms with Gasteiger partial charge in [0.15, 0.2) is 11.5 Å². The van der Waals surface area contributed by atoms with Crippen LogP contribution >= 0.6 is 27.5 Å². The third-order valence-electron chi connectivity index (χ3n) is 4.97. The molecule has 0 radical (unpaired) electrons. The molecule has 0 bridgehead atoms. The standard InChI is InChI=1S/C23H20BrClN2O2/c1-28-22-12-5-16(13-23(22)29-2)21-14-20(15-3-8-18(25)9-4-15)26-27(21)19-10-6-17(24)7-11-19/h3-13,21H,14H2,1-2H3. The average Bonchev–Trinajstić information content (AvgIpc) is 3.19. The molecule has 29 heavy (non-hydrogen) atoms. The summed E-state index contributed by atoms with van der Waals surface area (Å²) in [4.78, 5) is 0. The summed E-state index contributed by atoms with van der Waals surface area (Å²) in [6.45, 7) is 0. The van der Waals surface area contributed by atoms with E-state index in [1.165, 1.54) is 0 Å². The van der Waals surface area contributed by atoms with Gasteiger partial charge in [-0.15, -0.1) is 0 Å². The lowest BCUT2D eigenvalue weighted by Crippen LogP contribution is -2.18. The van der Waals surface area contributed by atoms with Crippen molar-refractivity contribution < 1.29 is 9.47 Å². The fourth-order valence-electron chi connectivity index (χ4n) is 3.48. The number of benzene rings is 3. The maximum Gasteiger partial charge on any atom is 0.161 e. The number of anilines is 1. The van der Waals surface area contributed by atoms with Crippen LogP contribution in [-0.4, -0.2) is 19.9 Å². The van der Waals surface area contributed by atoms with Crippen molar-refractivity contribution >= 4 is 38.9 Å². The highest BCUT2D eigenvalue weighted by Crippen LogP contribution is 2.40. The highest BCUT2D eigenvalue weighted by molar-refractivity contribution is 9.10. The Hall–Kier alpha value is -2.50. The van der Waals surface area contributed by atoms with Crippen LogP contribution in [0, 0.1) is 0 Å². The second-order valence-electron chi connectivity index (χ2n) is 6.71. The maximum atomic E-state index is 6.06. The Kier molecular flexibility index (Phi) is 5.79. The number of ether oxygens (including phenoxy) is 2. The zero-order chi connectivity index (χ0) is 20.4. The second-order valence-corrected chi connectivity index (χ2v) is 8.06. The van der Waals surface area contributed by atoms with Crippen LogP contribution in [0.5, 0.6) is 11.5 Å². The number of hydrogen-bond donors (Lipinski definition) is 0. The molecular formula is C23H20BrClN2O2. The van der Waals surface area contributed by atoms with Crippen molar-refractivity contribution in [1.82, 2.24) is 0 Å². The van der Waals surface area contributed by atoms with Crippen LogP contribution in [0.25, 0.3) is 0 Å². The van der Waals surface area contributed by atoms with Gasteiger partial charge in [0.1, 0.15) is 0 Å². The molecule has 0 aliphatic carbocycles. The SMILES string of the molecule is COc1ccc(C2CC(c3ccc(Cl)cc3)=NN2c2ccc(Br)cc2)cc1OC. The third kappa shape index (κ3) is 4.11. The number of rotatable bonds is 5. The van der Waals surface area contributed by atoms with Crippen molar-refractivity contribution in [2.24, 2.45) is 5.10 Å². The molecule has 0 amide bonds. The predicted octanol–water partition coefficient (Wildman–Crippen LogP) is 6.48. The zero-order valence-corrected chi connectivity index (χ0v) is 18.4. The van der Waals surface area contributed by atoms with Crippen LogP contribution in [0.1, 0.15) is 23.6 Å². The molecular weight excluding hydrogens is 452 g/mol. The number of halogens is 2. The van der Waals surface area contributed by atoms with E-state index in [2.05, 4.69) is 39.1 Å². The quantitative estimate of drug-likeness (QED) is 0.427. The first-order valence-electron chi connectivity index (χ1n) is 9.19. The molecule has 0 saturated carbocycles. The van der Waals surface area contributed by atoms with Gasteiger partial charge in [0.05, 0.1) is 31.7 Å². The summed E-state index contributed by atoms with van der Waals surface area (Å²) in [7, 11) is 3.29. The van der Waals surface area contributed by atoms with Crippen LogP contribution < -0.4 is 14.5 Å². The van der Waals surface area contributed by atoms with Crippen LogP contribution in [0.4, 0.5) is 5.69 Å². The molecule has 4 nitrogen and oxygen atoms in total. The van der Waals surface area contributed by atoms with E-state index in [1.807, 2.05) is 48.5 Å². The van der Waals surface area contributed by atoms with E-state index < -0.39 is 0 Å². The molecule has 1 aliphatic rings.